The second-order valence-electron chi connectivity index (χ2n) is 32.3. The first-order valence-electron chi connectivity index (χ1n) is 41.6. The molecule has 642 valence electrons. The Hall–Kier alpha value is -8.44. The minimum Gasteiger partial charge on any atom is -0.444 e. The Morgan fingerprint density at radius 3 is 1.19 bits per heavy atom. The molecule has 0 aromatic rings. The van der Waals surface area contributed by atoms with Crippen LogP contribution in [-0.2, 0) is 101 Å². The number of hydrogen-bond acceptors (Lipinski definition) is 21. The van der Waals surface area contributed by atoms with Crippen molar-refractivity contribution in [2.45, 2.75) is 299 Å². The number of unbranched alkanes of at least 4 members (excludes halogenated alkanes) is 7. The van der Waals surface area contributed by atoms with Crippen LogP contribution in [0, 0.1) is 41.4 Å². The van der Waals surface area contributed by atoms with Gasteiger partial charge in [0.15, 0.2) is 21.8 Å². The van der Waals surface area contributed by atoms with Crippen LogP contribution in [0.5, 0.6) is 0 Å². The van der Waals surface area contributed by atoms with Gasteiger partial charge in [-0.25, -0.2) is 18.1 Å². The molecule has 0 aromatic carbocycles. The van der Waals surface area contributed by atoms with Gasteiger partial charge in [-0.3, -0.25) is 91.4 Å². The summed E-state index contributed by atoms with van der Waals surface area (Å²) in [6.07, 6.45) is 33.6. The normalized spacial score (nSPS) is 17.3. The van der Waals surface area contributed by atoms with E-state index >= 15 is 0 Å². The van der Waals surface area contributed by atoms with Gasteiger partial charge in [-0.05, 0) is 113 Å². The average Bonchev–Trinajstić information content (AvgIpc) is 1.65. The second-order valence-corrected chi connectivity index (χ2v) is 34.5. The lowest BCUT2D eigenvalue weighted by Crippen LogP contribution is -2.38. The number of hydroxylamine groups is 2. The molecule has 3 N–H and O–H groups in total. The molecule has 0 aromatic heterocycles. The molecule has 1 unspecified atom stereocenters. The lowest BCUT2D eigenvalue weighted by molar-refractivity contribution is -0.197. The minimum atomic E-state index is -3.75. The third kappa shape index (κ3) is 45.0. The summed E-state index contributed by atoms with van der Waals surface area (Å²) in [5, 5.41) is 7.45. The second kappa shape index (κ2) is 56.8. The van der Waals surface area contributed by atoms with Crippen molar-refractivity contribution in [1.29, 1.82) is 0 Å². The van der Waals surface area contributed by atoms with Crippen molar-refractivity contribution in [2.24, 2.45) is 41.4 Å². The molecule has 0 spiro atoms. The molecule has 5 heterocycles. The lowest BCUT2D eigenvalue weighted by Gasteiger charge is -2.30. The summed E-state index contributed by atoms with van der Waals surface area (Å²) in [5.41, 5.74) is 0. The van der Waals surface area contributed by atoms with Gasteiger partial charge in [-0.15, -0.1) is 5.06 Å². The first kappa shape index (κ1) is 102. The van der Waals surface area contributed by atoms with Crippen LogP contribution in [0.1, 0.15) is 294 Å². The number of ketones is 2. The third-order valence-corrected chi connectivity index (χ3v) is 21.1. The van der Waals surface area contributed by atoms with Gasteiger partial charge in [0.1, 0.15) is 11.6 Å². The number of amides is 13. The van der Waals surface area contributed by atoms with Gasteiger partial charge in [-0.1, -0.05) is 146 Å². The summed E-state index contributed by atoms with van der Waals surface area (Å²) in [6, 6.07) is 0. The Morgan fingerprint density at radius 2 is 0.781 bits per heavy atom. The largest absolute Gasteiger partial charge is 0.444 e. The maximum Gasteiger partial charge on any atom is 0.333 e. The summed E-state index contributed by atoms with van der Waals surface area (Å²) in [7, 11) is -3.75. The number of Topliss-reactive ketones (excluding diaryl/α,β-unsaturated/α-hetero) is 2. The third-order valence-electron chi connectivity index (χ3n) is 19.7. The van der Waals surface area contributed by atoms with Gasteiger partial charge < -0.3 is 25.5 Å². The number of imide groups is 5. The summed E-state index contributed by atoms with van der Waals surface area (Å²) < 4.78 is 27.8. The maximum absolute atomic E-state index is 12.2. The average molecular weight is 1620 g/mol. The number of hydrogen-bond donors (Lipinski definition) is 3. The van der Waals surface area contributed by atoms with E-state index in [-0.39, 0.29) is 146 Å². The number of carbonyl (C=O) groups is 17. The summed E-state index contributed by atoms with van der Waals surface area (Å²) in [5.74, 6) is -1.31. The molecule has 2 saturated heterocycles. The van der Waals surface area contributed by atoms with Crippen LogP contribution in [0.25, 0.3) is 0 Å². The maximum atomic E-state index is 12.2. The van der Waals surface area contributed by atoms with E-state index in [2.05, 4.69) is 85.2 Å². The van der Waals surface area contributed by atoms with Crippen LogP contribution in [-0.4, -0.2) is 191 Å². The molecule has 6 aliphatic rings. The smallest absolute Gasteiger partial charge is 0.333 e. The van der Waals surface area contributed by atoms with Crippen molar-refractivity contribution in [3.63, 3.8) is 0 Å². The number of carbonyl (C=O) groups excluding carboxylic acids is 17. The monoisotopic (exact) mass is 1620 g/mol. The highest BCUT2D eigenvalue weighted by Gasteiger charge is 2.47. The molecule has 1 atom stereocenters. The zero-order valence-corrected chi connectivity index (χ0v) is 70.8. The predicted octanol–water partition coefficient (Wildman–Crippen LogP) is 10.5. The fourth-order valence-electron chi connectivity index (χ4n) is 12.8. The van der Waals surface area contributed by atoms with Crippen LogP contribution >= 0.6 is 0 Å². The zero-order valence-electron chi connectivity index (χ0n) is 70.0. The van der Waals surface area contributed by atoms with E-state index in [1.165, 1.54) is 67.0 Å². The van der Waals surface area contributed by atoms with Gasteiger partial charge >= 0.3 is 11.9 Å². The highest BCUT2D eigenvalue weighted by molar-refractivity contribution is 7.92. The van der Waals surface area contributed by atoms with E-state index < -0.39 is 45.3 Å². The molecule has 6 rings (SSSR count). The fraction of sp³-hybridized carbons (Fsp3) is 0.726. The first-order chi connectivity index (χ1) is 53.9. The van der Waals surface area contributed by atoms with E-state index in [9.17, 15) is 89.9 Å². The van der Waals surface area contributed by atoms with Gasteiger partial charge in [0.25, 0.3) is 47.3 Å². The standard InChI is InChI=1S/C19H30N2O3.C18H29NO7S.C18H29NO5.C15H24N2O3.C14H22N2O3/c1-14(2)5-3-4-12-20-19(24)16-8-6-15(7-9-16)13-21-17(22)10-11-18(21)23;1-13(2)8-5-4-6-9-14(20)10-7-11-17(22)26-19-16(21)12-15(18(19)23)27(3,24)25;1-14(2)7-4-3-5-8-15(20)9-6-10-18(23)24-13-19-16(21)11-12-17(19)22;1-12(2)6-3-4-10-16-13(18)7-5-11-17-14(19)8-9-15(17)20;1-11(2)5-3-4-9-15-12(17)8-10-16-13(18)6-7-14(16)19/h10-11,14-16H,3-9,12-13H2,1-2H3,(H,20,24);13,15H,4-12H2,1-3H3;14H,3-13H2,1-2H3;8-9,12H,3-7,10-11H2,1-2H3,(H,16,18);6-7,11H,3-5,8-10H2,1-2H3,(H,15,17). The Morgan fingerprint density at radius 1 is 0.404 bits per heavy atom. The molecule has 1 aliphatic carbocycles. The quantitative estimate of drug-likeness (QED) is 0.0289. The molecule has 13 amide bonds. The summed E-state index contributed by atoms with van der Waals surface area (Å²) in [6.45, 7) is 24.7. The van der Waals surface area contributed by atoms with E-state index in [0.717, 1.165) is 143 Å². The summed E-state index contributed by atoms with van der Waals surface area (Å²) >= 11 is 0. The zero-order chi connectivity index (χ0) is 85.3. The van der Waals surface area contributed by atoms with Crippen molar-refractivity contribution in [1.82, 2.24) is 40.6 Å². The minimum absolute atomic E-state index is 0.0124. The number of sulfone groups is 1. The molecular weight excluding hydrogens is 1490 g/mol. The Kier molecular flexibility index (Phi) is 50.6. The number of ether oxygens (including phenoxy) is 1. The Labute approximate surface area is 676 Å². The van der Waals surface area contributed by atoms with Crippen LogP contribution in [0.15, 0.2) is 36.5 Å². The number of likely N-dealkylation sites (tertiary alicyclic amines) is 1. The van der Waals surface area contributed by atoms with Crippen LogP contribution in [0.3, 0.4) is 0 Å². The SMILES string of the molecule is CC(C)CCCCCC(=O)CCCC(=O)OCN1C(=O)CCC1=O.CC(C)CCCCCC(=O)CCCC(=O)ON1C(=O)CC(S(C)(=O)=O)C1=O.CC(C)CCCCNC(=O)C1CCC(CN2C(=O)C=CC2=O)CC1.CC(C)CCCCNC(=O)CCCN1C(=O)C=CC1=O.CC(C)CCCCNC(=O)CCN1C(=O)C=CC1=O. The summed E-state index contributed by atoms with van der Waals surface area (Å²) in [4.78, 5) is 206. The van der Waals surface area contributed by atoms with Crippen molar-refractivity contribution >= 4 is 110 Å². The van der Waals surface area contributed by atoms with E-state index in [1.54, 1.807) is 0 Å². The predicted molar refractivity (Wildman–Crippen MR) is 429 cm³/mol. The molecule has 5 aliphatic heterocycles. The van der Waals surface area contributed by atoms with E-state index in [1.807, 2.05) is 0 Å². The van der Waals surface area contributed by atoms with Crippen LogP contribution in [0.2, 0.25) is 0 Å². The number of nitrogens with one attached hydrogen (secondary N) is 3. The van der Waals surface area contributed by atoms with Crippen LogP contribution in [0.4, 0.5) is 0 Å². The molecule has 0 bridgehead atoms. The highest BCUT2D eigenvalue weighted by atomic mass is 32.2. The number of esters is 1. The van der Waals surface area contributed by atoms with Crippen molar-refractivity contribution < 1.29 is 99.5 Å². The highest BCUT2D eigenvalue weighted by Crippen LogP contribution is 2.31. The molecule has 0 radical (unpaired) electrons. The van der Waals surface area contributed by atoms with Gasteiger partial charge in [0.05, 0.1) is 6.42 Å². The molecule has 29 nitrogen and oxygen atoms in total. The van der Waals surface area contributed by atoms with Crippen molar-refractivity contribution in [3.8, 4) is 0 Å². The lowest BCUT2D eigenvalue weighted by atomic mass is 9.81. The van der Waals surface area contributed by atoms with E-state index in [4.69, 9.17) is 9.57 Å². The molecule has 3 fully saturated rings. The van der Waals surface area contributed by atoms with Crippen molar-refractivity contribution in [3.05, 3.63) is 36.5 Å². The first-order valence-corrected chi connectivity index (χ1v) is 43.6. The van der Waals surface area contributed by atoms with Gasteiger partial charge in [0, 0.05) is 152 Å². The van der Waals surface area contributed by atoms with Gasteiger partial charge in [-0.2, -0.15) is 0 Å². The fourth-order valence-corrected chi connectivity index (χ4v) is 13.7. The number of nitrogens with zero attached hydrogens (tertiary/aromatic N) is 5. The Balaban J connectivity index is 0.000000486. The van der Waals surface area contributed by atoms with E-state index in [0.29, 0.717) is 94.3 Å². The Bertz CT molecular complexity index is 3320. The number of rotatable bonds is 49. The van der Waals surface area contributed by atoms with Crippen molar-refractivity contribution in [2.75, 3.05) is 52.3 Å². The van der Waals surface area contributed by atoms with Gasteiger partial charge in [0.2, 0.25) is 29.5 Å². The van der Waals surface area contributed by atoms with Crippen LogP contribution < -0.4 is 16.0 Å². The molecular formula is C84H134N8O21S. The molecule has 30 heteroatoms. The molecule has 114 heavy (non-hydrogen) atoms. The topological polar surface area (TPSA) is 395 Å². The molecule has 1 saturated carbocycles.